The molecule has 0 spiro atoms. The molecule has 14 heteroatoms. The lowest BCUT2D eigenvalue weighted by Gasteiger charge is -2.40. The molecule has 1 aliphatic carbocycles. The Kier molecular flexibility index (Phi) is 7.62. The van der Waals surface area contributed by atoms with Crippen LogP contribution in [0, 0.1) is 0 Å². The largest absolute Gasteiger partial charge is 0.493 e. The second-order valence-electron chi connectivity index (χ2n) is 9.32. The first-order valence-corrected chi connectivity index (χ1v) is 13.5. The number of ether oxygens (including phenoxy) is 3. The molecule has 5 rings (SSSR count). The highest BCUT2D eigenvalue weighted by atomic mass is 35.5. The average molecular weight is 597 g/mol. The zero-order valence-corrected chi connectivity index (χ0v) is 22.9. The van der Waals surface area contributed by atoms with Crippen LogP contribution in [0.2, 0.25) is 5.02 Å². The first kappa shape index (κ1) is 28.1. The number of nitrogens with one attached hydrogen (secondary N) is 1. The Morgan fingerprint density at radius 1 is 1.20 bits per heavy atom. The number of carbonyl (C=O) groups excluding carboxylic acids is 2. The number of rotatable bonds is 8. The Bertz CT molecular complexity index is 1450. The zero-order chi connectivity index (χ0) is 28.7. The summed E-state index contributed by atoms with van der Waals surface area (Å²) >= 11 is 7.57. The molecule has 1 aliphatic heterocycles. The van der Waals surface area contributed by atoms with E-state index in [0.717, 1.165) is 11.0 Å². The minimum absolute atomic E-state index is 0.0561. The van der Waals surface area contributed by atoms with Gasteiger partial charge in [0.15, 0.2) is 23.0 Å². The van der Waals surface area contributed by atoms with Gasteiger partial charge in [0.2, 0.25) is 11.7 Å². The lowest BCUT2D eigenvalue weighted by molar-refractivity contribution is -0.163. The highest BCUT2D eigenvalue weighted by Gasteiger charge is 2.45. The van der Waals surface area contributed by atoms with Gasteiger partial charge in [-0.15, -0.1) is 22.0 Å². The second-order valence-corrected chi connectivity index (χ2v) is 11.1. The zero-order valence-electron chi connectivity index (χ0n) is 21.3. The van der Waals surface area contributed by atoms with Crippen LogP contribution in [0.15, 0.2) is 36.4 Å². The number of halogens is 4. The maximum Gasteiger partial charge on any atom is 0.452 e. The third-order valence-corrected chi connectivity index (χ3v) is 8.65. The van der Waals surface area contributed by atoms with Crippen molar-refractivity contribution in [2.45, 2.75) is 48.1 Å². The number of para-hydroxylation sites is 1. The van der Waals surface area contributed by atoms with Gasteiger partial charge in [0.05, 0.1) is 30.4 Å². The van der Waals surface area contributed by atoms with Crippen LogP contribution in [0.5, 0.6) is 11.5 Å². The summed E-state index contributed by atoms with van der Waals surface area (Å²) in [6, 6.07) is 9.77. The maximum atomic E-state index is 14.2. The molecule has 212 valence electrons. The Morgan fingerprint density at radius 3 is 2.60 bits per heavy atom. The molecule has 1 saturated carbocycles. The number of amides is 1. The molecule has 0 unspecified atom stereocenters. The van der Waals surface area contributed by atoms with Gasteiger partial charge >= 0.3 is 6.18 Å². The summed E-state index contributed by atoms with van der Waals surface area (Å²) in [5, 5.41) is 8.90. The summed E-state index contributed by atoms with van der Waals surface area (Å²) in [6.07, 6.45) is -3.46. The van der Waals surface area contributed by atoms with Gasteiger partial charge in [-0.2, -0.15) is 13.2 Å². The third kappa shape index (κ3) is 5.07. The van der Waals surface area contributed by atoms with Crippen molar-refractivity contribution in [3.05, 3.63) is 64.2 Å². The van der Waals surface area contributed by atoms with Crippen LogP contribution in [0.1, 0.15) is 59.0 Å². The second kappa shape index (κ2) is 10.8. The molecule has 40 heavy (non-hydrogen) atoms. The molecule has 1 aromatic heterocycles. The van der Waals surface area contributed by atoms with Gasteiger partial charge in [0.1, 0.15) is 0 Å². The molecule has 1 N–H and O–H groups in total. The van der Waals surface area contributed by atoms with E-state index in [1.54, 1.807) is 24.3 Å². The van der Waals surface area contributed by atoms with E-state index >= 15 is 0 Å². The van der Waals surface area contributed by atoms with Crippen LogP contribution in [-0.2, 0) is 20.5 Å². The molecule has 2 heterocycles. The van der Waals surface area contributed by atoms with Gasteiger partial charge in [-0.3, -0.25) is 14.2 Å². The van der Waals surface area contributed by atoms with Crippen LogP contribution in [0.3, 0.4) is 0 Å². The summed E-state index contributed by atoms with van der Waals surface area (Å²) in [5.74, 6) is -0.980. The maximum absolute atomic E-state index is 14.2. The van der Waals surface area contributed by atoms with Crippen LogP contribution < -0.4 is 14.8 Å². The molecule has 2 atom stereocenters. The number of carbonyl (C=O) groups is 2. The van der Waals surface area contributed by atoms with Crippen LogP contribution >= 0.6 is 23.4 Å². The number of nitrogens with zero attached hydrogens (tertiary/aromatic N) is 3. The quantitative estimate of drug-likeness (QED) is 0.273. The first-order valence-electron chi connectivity index (χ1n) is 12.2. The van der Waals surface area contributed by atoms with E-state index in [4.69, 9.17) is 25.8 Å². The molecule has 2 aliphatic rings. The van der Waals surface area contributed by atoms with Gasteiger partial charge in [-0.25, -0.2) is 0 Å². The van der Waals surface area contributed by atoms with E-state index < -0.39 is 34.1 Å². The van der Waals surface area contributed by atoms with Crippen molar-refractivity contribution >= 4 is 35.7 Å². The Hall–Kier alpha value is -3.45. The summed E-state index contributed by atoms with van der Waals surface area (Å²) in [7, 11) is 2.95. The van der Waals surface area contributed by atoms with E-state index in [-0.39, 0.29) is 24.4 Å². The number of thioether (sulfide) groups is 1. The van der Waals surface area contributed by atoms with Crippen molar-refractivity contribution in [3.8, 4) is 17.2 Å². The first-order chi connectivity index (χ1) is 19.1. The van der Waals surface area contributed by atoms with Gasteiger partial charge in [0, 0.05) is 29.8 Å². The monoisotopic (exact) mass is 596 g/mol. The van der Waals surface area contributed by atoms with Gasteiger partial charge in [-0.1, -0.05) is 23.7 Å². The predicted molar refractivity (Wildman–Crippen MR) is 140 cm³/mol. The van der Waals surface area contributed by atoms with Crippen molar-refractivity contribution in [3.63, 3.8) is 0 Å². The summed E-state index contributed by atoms with van der Waals surface area (Å²) in [6.45, 7) is 0.275. The number of benzene rings is 2. The summed E-state index contributed by atoms with van der Waals surface area (Å²) < 4.78 is 59.7. The smallest absolute Gasteiger partial charge is 0.452 e. The van der Waals surface area contributed by atoms with Gasteiger partial charge < -0.3 is 19.5 Å². The lowest BCUT2D eigenvalue weighted by atomic mass is 9.88. The number of alkyl halides is 3. The Balaban J connectivity index is 1.66. The van der Waals surface area contributed by atoms with Crippen LogP contribution in [0.25, 0.3) is 5.69 Å². The van der Waals surface area contributed by atoms with E-state index in [0.29, 0.717) is 40.5 Å². The number of methoxy groups -OCH3 is 2. The van der Waals surface area contributed by atoms with Crippen molar-refractivity contribution in [1.29, 1.82) is 0 Å². The van der Waals surface area contributed by atoms with Crippen molar-refractivity contribution in [2.75, 3.05) is 14.2 Å². The summed E-state index contributed by atoms with van der Waals surface area (Å²) in [4.78, 5) is 24.3. The number of aromatic nitrogens is 3. The molecule has 3 aromatic rings. The molecule has 1 amide bonds. The molecule has 1 fully saturated rings. The van der Waals surface area contributed by atoms with E-state index in [1.807, 2.05) is 0 Å². The Labute approximate surface area is 236 Å². The third-order valence-electron chi connectivity index (χ3n) is 6.93. The van der Waals surface area contributed by atoms with E-state index in [2.05, 4.69) is 15.5 Å². The van der Waals surface area contributed by atoms with Crippen molar-refractivity contribution in [2.24, 2.45) is 0 Å². The van der Waals surface area contributed by atoms with E-state index in [9.17, 15) is 22.8 Å². The fourth-order valence-electron chi connectivity index (χ4n) is 5.00. The highest BCUT2D eigenvalue weighted by molar-refractivity contribution is 8.00. The minimum Gasteiger partial charge on any atom is -0.493 e. The molecule has 0 radical (unpaired) electrons. The predicted octanol–water partition coefficient (Wildman–Crippen LogP) is 5.39. The van der Waals surface area contributed by atoms with Gasteiger partial charge in [0.25, 0.3) is 6.47 Å². The number of fused-ring (bicyclic) bond motifs is 3. The summed E-state index contributed by atoms with van der Waals surface area (Å²) in [5.41, 5.74) is 0.0955. The van der Waals surface area contributed by atoms with Gasteiger partial charge in [-0.05, 0) is 36.2 Å². The SMILES string of the molecule is COc1cccc([C@H]2S[C@H](CC(=O)NC3(OC=O)CCC3)c3nnc(C(F)(F)F)n3-c3ccc(Cl)cc32)c1OC. The molecular weight excluding hydrogens is 573 g/mol. The molecule has 0 bridgehead atoms. The van der Waals surface area contributed by atoms with Crippen LogP contribution in [0.4, 0.5) is 13.2 Å². The molecule has 2 aromatic carbocycles. The number of hydrogen-bond donors (Lipinski definition) is 1. The van der Waals surface area contributed by atoms with Crippen molar-refractivity contribution < 1.29 is 37.0 Å². The topological polar surface area (TPSA) is 105 Å². The average Bonchev–Trinajstić information content (AvgIpc) is 3.30. The highest BCUT2D eigenvalue weighted by Crippen LogP contribution is 2.54. The molecular formula is C26H24ClF3N4O5S. The fourth-order valence-corrected chi connectivity index (χ4v) is 6.70. The molecule has 9 nitrogen and oxygen atoms in total. The fraction of sp³-hybridized carbons (Fsp3) is 0.385. The van der Waals surface area contributed by atoms with Crippen molar-refractivity contribution in [1.82, 2.24) is 20.1 Å². The molecule has 0 saturated heterocycles. The lowest BCUT2D eigenvalue weighted by Crippen LogP contribution is -2.55. The standard InChI is InChI=1S/C26H24ClF3N4O5S/c1-37-18-6-3-5-15(21(18)38-2)22-16-11-14(27)7-8-17(16)34-23(32-33-24(34)26(28,29)30)19(40-22)12-20(36)31-25(39-13-35)9-4-10-25/h3,5-8,11,13,19,22H,4,9-10,12H2,1-2H3,(H,31,36)/t19-,22-/m1/s1. The van der Waals surface area contributed by atoms with E-state index in [1.165, 1.54) is 38.1 Å². The minimum atomic E-state index is -4.83. The Morgan fingerprint density at radius 2 is 1.98 bits per heavy atom. The van der Waals surface area contributed by atoms with Crippen LogP contribution in [-0.4, -0.2) is 47.1 Å². The number of hydrogen-bond acceptors (Lipinski definition) is 8. The normalized spacial score (nSPS) is 19.4.